The molecule has 27 heavy (non-hydrogen) atoms. The predicted molar refractivity (Wildman–Crippen MR) is 94.8 cm³/mol. The van der Waals surface area contributed by atoms with Gasteiger partial charge in [0.2, 0.25) is 5.91 Å². The molecule has 140 valence electrons. The summed E-state index contributed by atoms with van der Waals surface area (Å²) in [4.78, 5) is 41.4. The van der Waals surface area contributed by atoms with E-state index in [0.717, 1.165) is 10.5 Å². The number of halogens is 1. The summed E-state index contributed by atoms with van der Waals surface area (Å²) >= 11 is 0. The molecule has 2 aromatic rings. The first-order valence-electron chi connectivity index (χ1n) is 8.55. The van der Waals surface area contributed by atoms with Gasteiger partial charge in [-0.25, -0.2) is 9.18 Å². The smallest absolute Gasteiger partial charge is 0.325 e. The van der Waals surface area contributed by atoms with Crippen molar-refractivity contribution in [1.82, 2.24) is 20.5 Å². The maximum Gasteiger partial charge on any atom is 0.325 e. The Balaban J connectivity index is 1.49. The molecule has 0 unspecified atom stereocenters. The number of nitrogens with one attached hydrogen (secondary N) is 2. The molecule has 0 aliphatic carbocycles. The molecule has 0 radical (unpaired) electrons. The van der Waals surface area contributed by atoms with Gasteiger partial charge < -0.3 is 10.6 Å². The van der Waals surface area contributed by atoms with Crippen molar-refractivity contribution in [3.8, 4) is 0 Å². The fourth-order valence-corrected chi connectivity index (χ4v) is 2.84. The predicted octanol–water partition coefficient (Wildman–Crippen LogP) is 1.39. The monoisotopic (exact) mass is 370 g/mol. The zero-order valence-corrected chi connectivity index (χ0v) is 14.5. The first-order chi connectivity index (χ1) is 13.0. The molecule has 1 fully saturated rings. The van der Waals surface area contributed by atoms with Gasteiger partial charge in [-0.2, -0.15) is 0 Å². The van der Waals surface area contributed by atoms with Crippen LogP contribution in [0.1, 0.15) is 17.5 Å². The maximum absolute atomic E-state index is 13.3. The quantitative estimate of drug-likeness (QED) is 0.721. The van der Waals surface area contributed by atoms with Crippen LogP contribution in [0.15, 0.2) is 48.8 Å². The van der Waals surface area contributed by atoms with Gasteiger partial charge in [-0.1, -0.05) is 12.1 Å². The van der Waals surface area contributed by atoms with Gasteiger partial charge in [0.05, 0.1) is 13.0 Å². The first-order valence-corrected chi connectivity index (χ1v) is 8.55. The molecule has 1 atom stereocenters. The molecule has 3 rings (SSSR count). The minimum absolute atomic E-state index is 0.0391. The minimum Gasteiger partial charge on any atom is -0.356 e. The molecular weight excluding hydrogens is 351 g/mol. The highest BCUT2D eigenvalue weighted by atomic mass is 19.1. The highest BCUT2D eigenvalue weighted by Crippen LogP contribution is 2.14. The molecule has 1 aliphatic heterocycles. The van der Waals surface area contributed by atoms with E-state index in [1.54, 1.807) is 18.5 Å². The van der Waals surface area contributed by atoms with Crippen molar-refractivity contribution < 1.29 is 18.8 Å². The fourth-order valence-electron chi connectivity index (χ4n) is 2.84. The second kappa shape index (κ2) is 8.39. The van der Waals surface area contributed by atoms with Crippen LogP contribution in [0.2, 0.25) is 0 Å². The zero-order chi connectivity index (χ0) is 19.2. The van der Waals surface area contributed by atoms with E-state index >= 15 is 0 Å². The average Bonchev–Trinajstić information content (AvgIpc) is 2.90. The average molecular weight is 370 g/mol. The lowest BCUT2D eigenvalue weighted by atomic mass is 10.1. The van der Waals surface area contributed by atoms with Crippen LogP contribution in [-0.4, -0.2) is 40.3 Å². The molecule has 4 amide bonds. The first kappa shape index (κ1) is 18.5. The normalized spacial score (nSPS) is 16.3. The van der Waals surface area contributed by atoms with E-state index in [1.165, 1.54) is 18.2 Å². The number of pyridine rings is 1. The summed E-state index contributed by atoms with van der Waals surface area (Å²) in [6.07, 6.45) is 3.86. The van der Waals surface area contributed by atoms with Gasteiger partial charge in [0.25, 0.3) is 5.91 Å². The van der Waals surface area contributed by atoms with Crippen molar-refractivity contribution in [3.05, 3.63) is 65.7 Å². The third kappa shape index (κ3) is 4.87. The second-order valence-corrected chi connectivity index (χ2v) is 6.22. The van der Waals surface area contributed by atoms with E-state index in [4.69, 9.17) is 0 Å². The Kier molecular flexibility index (Phi) is 5.75. The van der Waals surface area contributed by atoms with Crippen molar-refractivity contribution in [2.24, 2.45) is 0 Å². The molecule has 1 aromatic carbocycles. The van der Waals surface area contributed by atoms with Crippen molar-refractivity contribution in [2.75, 3.05) is 6.54 Å². The van der Waals surface area contributed by atoms with Gasteiger partial charge >= 0.3 is 6.03 Å². The topological polar surface area (TPSA) is 91.4 Å². The summed E-state index contributed by atoms with van der Waals surface area (Å²) in [5, 5.41) is 5.24. The molecule has 7 nitrogen and oxygen atoms in total. The van der Waals surface area contributed by atoms with Crippen LogP contribution in [0.3, 0.4) is 0 Å². The van der Waals surface area contributed by atoms with E-state index in [1.807, 2.05) is 12.1 Å². The van der Waals surface area contributed by atoms with Gasteiger partial charge in [-0.15, -0.1) is 0 Å². The van der Waals surface area contributed by atoms with Crippen molar-refractivity contribution in [3.63, 3.8) is 0 Å². The van der Waals surface area contributed by atoms with Crippen molar-refractivity contribution in [1.29, 1.82) is 0 Å². The minimum atomic E-state index is -0.910. The van der Waals surface area contributed by atoms with Crippen LogP contribution in [0.4, 0.5) is 9.18 Å². The standard InChI is InChI=1S/C19H19FN4O3/c20-15-3-1-2-14(10-15)12-24-18(26)16(23-19(24)27)11-17(25)22-9-6-13-4-7-21-8-5-13/h1-5,7-8,10,16H,6,9,11-12H2,(H,22,25)(H,23,27)/t16-/m1/s1. The number of imide groups is 1. The molecule has 1 aromatic heterocycles. The Hall–Kier alpha value is -3.29. The van der Waals surface area contributed by atoms with Gasteiger partial charge in [-0.3, -0.25) is 19.5 Å². The molecule has 2 N–H and O–H groups in total. The molecule has 2 heterocycles. The number of rotatable bonds is 7. The highest BCUT2D eigenvalue weighted by molar-refractivity contribution is 6.05. The van der Waals surface area contributed by atoms with Gasteiger partial charge in [0.1, 0.15) is 11.9 Å². The maximum atomic E-state index is 13.3. The molecule has 1 saturated heterocycles. The Morgan fingerprint density at radius 2 is 1.96 bits per heavy atom. The number of carbonyl (C=O) groups is 3. The number of urea groups is 1. The van der Waals surface area contributed by atoms with Gasteiger partial charge in [0, 0.05) is 18.9 Å². The summed E-state index contributed by atoms with van der Waals surface area (Å²) in [6, 6.07) is 7.91. The van der Waals surface area contributed by atoms with Crippen LogP contribution < -0.4 is 10.6 Å². The summed E-state index contributed by atoms with van der Waals surface area (Å²) in [6.45, 7) is 0.382. The molecule has 0 saturated carbocycles. The number of carbonyl (C=O) groups excluding carboxylic acids is 3. The third-order valence-corrected chi connectivity index (χ3v) is 4.21. The molecular formula is C19H19FN4O3. The van der Waals surface area contributed by atoms with Crippen molar-refractivity contribution in [2.45, 2.75) is 25.4 Å². The second-order valence-electron chi connectivity index (χ2n) is 6.22. The number of nitrogens with zero attached hydrogens (tertiary/aromatic N) is 2. The van der Waals surface area contributed by atoms with E-state index in [0.29, 0.717) is 18.5 Å². The number of hydrogen-bond acceptors (Lipinski definition) is 4. The SMILES string of the molecule is O=C(C[C@H]1NC(=O)N(Cc2cccc(F)c2)C1=O)NCCc1ccncc1. The fraction of sp³-hybridized carbons (Fsp3) is 0.263. The summed E-state index contributed by atoms with van der Waals surface area (Å²) in [5.74, 6) is -1.26. The Morgan fingerprint density at radius 1 is 1.19 bits per heavy atom. The van der Waals surface area contributed by atoms with E-state index in [-0.39, 0.29) is 18.9 Å². The Bertz CT molecular complexity index is 844. The molecule has 0 bridgehead atoms. The van der Waals surface area contributed by atoms with Crippen LogP contribution in [0.25, 0.3) is 0 Å². The number of amides is 4. The lowest BCUT2D eigenvalue weighted by molar-refractivity contribution is -0.131. The number of aromatic nitrogens is 1. The van der Waals surface area contributed by atoms with E-state index < -0.39 is 23.8 Å². The van der Waals surface area contributed by atoms with Crippen LogP contribution in [0.5, 0.6) is 0 Å². The largest absolute Gasteiger partial charge is 0.356 e. The lowest BCUT2D eigenvalue weighted by Gasteiger charge is -2.13. The van der Waals surface area contributed by atoms with Gasteiger partial charge in [0.15, 0.2) is 0 Å². The summed E-state index contributed by atoms with van der Waals surface area (Å²) < 4.78 is 13.3. The number of benzene rings is 1. The Morgan fingerprint density at radius 3 is 2.70 bits per heavy atom. The third-order valence-electron chi connectivity index (χ3n) is 4.21. The van der Waals surface area contributed by atoms with Gasteiger partial charge in [-0.05, 0) is 41.8 Å². The van der Waals surface area contributed by atoms with Crippen LogP contribution in [0, 0.1) is 5.82 Å². The Labute approximate surface area is 155 Å². The highest BCUT2D eigenvalue weighted by Gasteiger charge is 2.38. The van der Waals surface area contributed by atoms with Crippen LogP contribution in [-0.2, 0) is 22.6 Å². The van der Waals surface area contributed by atoms with Crippen molar-refractivity contribution >= 4 is 17.8 Å². The summed E-state index contributed by atoms with van der Waals surface area (Å²) in [5.41, 5.74) is 1.54. The van der Waals surface area contributed by atoms with E-state index in [9.17, 15) is 18.8 Å². The lowest BCUT2D eigenvalue weighted by Crippen LogP contribution is -2.37. The number of hydrogen-bond donors (Lipinski definition) is 2. The molecule has 0 spiro atoms. The molecule has 8 heteroatoms. The molecule has 1 aliphatic rings. The van der Waals surface area contributed by atoms with Crippen LogP contribution >= 0.6 is 0 Å². The zero-order valence-electron chi connectivity index (χ0n) is 14.5. The summed E-state index contributed by atoms with van der Waals surface area (Å²) in [7, 11) is 0. The van der Waals surface area contributed by atoms with E-state index in [2.05, 4.69) is 15.6 Å².